The lowest BCUT2D eigenvalue weighted by Gasteiger charge is -2.01. The van der Waals surface area contributed by atoms with Crippen LogP contribution in [0.1, 0.15) is 65.2 Å². The summed E-state index contributed by atoms with van der Waals surface area (Å²) in [6.45, 7) is 7.53. The van der Waals surface area contributed by atoms with Crippen LogP contribution in [0.3, 0.4) is 0 Å². The van der Waals surface area contributed by atoms with Gasteiger partial charge in [-0.1, -0.05) is 13.8 Å². The van der Waals surface area contributed by atoms with Crippen LogP contribution in [0.5, 0.6) is 0 Å². The minimum atomic E-state index is -0.511. The maximum atomic E-state index is 11.7. The Bertz CT molecular complexity index is 425. The van der Waals surface area contributed by atoms with E-state index >= 15 is 0 Å². The first-order valence-corrected chi connectivity index (χ1v) is 6.51. The summed E-state index contributed by atoms with van der Waals surface area (Å²) in [6.07, 6.45) is 0.924. The van der Waals surface area contributed by atoms with Gasteiger partial charge in [-0.3, -0.25) is 4.79 Å². The van der Waals surface area contributed by atoms with Crippen molar-refractivity contribution in [2.24, 2.45) is 0 Å². The highest BCUT2D eigenvalue weighted by Gasteiger charge is 2.23. The van der Waals surface area contributed by atoms with Gasteiger partial charge in [0.15, 0.2) is 11.5 Å². The number of aromatic nitrogens is 1. The molecule has 0 spiro atoms. The molecule has 4 nitrogen and oxygen atoms in total. The highest BCUT2D eigenvalue weighted by Crippen LogP contribution is 2.27. The molecule has 5 heteroatoms. The Morgan fingerprint density at radius 2 is 2.06 bits per heavy atom. The summed E-state index contributed by atoms with van der Waals surface area (Å²) in [6, 6.07) is 0. The fraction of sp³-hybridized carbons (Fsp3) is 0.583. The zero-order valence-corrected chi connectivity index (χ0v) is 11.4. The highest BCUT2D eigenvalue weighted by molar-refractivity contribution is 7.14. The number of hydrogen-bond donors (Lipinski definition) is 0. The molecule has 0 aromatic carbocycles. The van der Waals surface area contributed by atoms with Crippen LogP contribution in [0.25, 0.3) is 0 Å². The third kappa shape index (κ3) is 3.12. The van der Waals surface area contributed by atoms with Gasteiger partial charge < -0.3 is 4.74 Å². The molecule has 0 fully saturated rings. The molecule has 0 aliphatic carbocycles. The summed E-state index contributed by atoms with van der Waals surface area (Å²) >= 11 is 1.29. The predicted molar refractivity (Wildman–Crippen MR) is 66.8 cm³/mol. The van der Waals surface area contributed by atoms with Crippen LogP contribution < -0.4 is 0 Å². The van der Waals surface area contributed by atoms with E-state index < -0.39 is 5.97 Å². The standard InChI is InChI=1S/C12H17NO3S/c1-5-7(3)11-13-9(12(15)16-6-2)10(17-11)8(4)14/h7H,5-6H2,1-4H3. The number of ketones is 1. The van der Waals surface area contributed by atoms with Crippen molar-refractivity contribution in [1.82, 2.24) is 4.98 Å². The van der Waals surface area contributed by atoms with Gasteiger partial charge in [0.1, 0.15) is 4.88 Å². The minimum absolute atomic E-state index is 0.139. The molecule has 1 rings (SSSR count). The Kier molecular flexibility index (Phi) is 4.81. The molecule has 94 valence electrons. The first kappa shape index (κ1) is 13.8. The van der Waals surface area contributed by atoms with E-state index in [2.05, 4.69) is 4.98 Å². The van der Waals surface area contributed by atoms with Gasteiger partial charge in [-0.25, -0.2) is 9.78 Å². The maximum Gasteiger partial charge on any atom is 0.358 e. The van der Waals surface area contributed by atoms with Gasteiger partial charge in [0.25, 0.3) is 0 Å². The smallest absolute Gasteiger partial charge is 0.358 e. The van der Waals surface area contributed by atoms with E-state index in [1.807, 2.05) is 13.8 Å². The van der Waals surface area contributed by atoms with Crippen LogP contribution >= 0.6 is 11.3 Å². The molecule has 1 atom stereocenters. The van der Waals surface area contributed by atoms with Gasteiger partial charge in [0.05, 0.1) is 11.6 Å². The van der Waals surface area contributed by atoms with Gasteiger partial charge in [0.2, 0.25) is 0 Å². The predicted octanol–water partition coefficient (Wildman–Crippen LogP) is 3.04. The zero-order valence-electron chi connectivity index (χ0n) is 10.6. The number of ether oxygens (including phenoxy) is 1. The SMILES string of the molecule is CCOC(=O)c1nc(C(C)CC)sc1C(C)=O. The normalized spacial score (nSPS) is 12.2. The third-order valence-electron chi connectivity index (χ3n) is 2.47. The zero-order chi connectivity index (χ0) is 13.0. The lowest BCUT2D eigenvalue weighted by molar-refractivity contribution is 0.0517. The Hall–Kier alpha value is -1.23. The van der Waals surface area contributed by atoms with Gasteiger partial charge >= 0.3 is 5.97 Å². The molecule has 0 aliphatic rings. The van der Waals surface area contributed by atoms with Crippen LogP contribution in [0.2, 0.25) is 0 Å². The summed E-state index contributed by atoms with van der Waals surface area (Å²) in [4.78, 5) is 27.8. The van der Waals surface area contributed by atoms with Crippen LogP contribution in [0.15, 0.2) is 0 Å². The van der Waals surface area contributed by atoms with Gasteiger partial charge in [0, 0.05) is 12.8 Å². The molecule has 17 heavy (non-hydrogen) atoms. The van der Waals surface area contributed by atoms with Crippen LogP contribution in [-0.2, 0) is 4.74 Å². The second kappa shape index (κ2) is 5.91. The first-order chi connectivity index (χ1) is 8.01. The molecular formula is C12H17NO3S. The molecule has 0 N–H and O–H groups in total. The minimum Gasteiger partial charge on any atom is -0.461 e. The summed E-state index contributed by atoms with van der Waals surface area (Å²) in [7, 11) is 0. The average Bonchev–Trinajstić information content (AvgIpc) is 2.73. The summed E-state index contributed by atoms with van der Waals surface area (Å²) < 4.78 is 4.90. The number of nitrogens with zero attached hydrogens (tertiary/aromatic N) is 1. The molecule has 0 bridgehead atoms. The van der Waals surface area contributed by atoms with E-state index in [1.54, 1.807) is 6.92 Å². The lowest BCUT2D eigenvalue weighted by atomic mass is 10.1. The Morgan fingerprint density at radius 3 is 2.53 bits per heavy atom. The van der Waals surface area contributed by atoms with Crippen molar-refractivity contribution in [3.63, 3.8) is 0 Å². The van der Waals surface area contributed by atoms with Crippen molar-refractivity contribution >= 4 is 23.1 Å². The number of carbonyl (C=O) groups excluding carboxylic acids is 2. The number of carbonyl (C=O) groups is 2. The Morgan fingerprint density at radius 1 is 1.41 bits per heavy atom. The van der Waals surface area contributed by atoms with Crippen LogP contribution in [0, 0.1) is 0 Å². The van der Waals surface area contributed by atoms with Crippen molar-refractivity contribution in [3.05, 3.63) is 15.6 Å². The van der Waals surface area contributed by atoms with E-state index in [-0.39, 0.29) is 24.0 Å². The van der Waals surface area contributed by atoms with Crippen molar-refractivity contribution in [2.75, 3.05) is 6.61 Å². The topological polar surface area (TPSA) is 56.3 Å². The molecule has 1 unspecified atom stereocenters. The van der Waals surface area contributed by atoms with Gasteiger partial charge in [-0.15, -0.1) is 11.3 Å². The Labute approximate surface area is 105 Å². The second-order valence-electron chi connectivity index (χ2n) is 3.82. The van der Waals surface area contributed by atoms with Gasteiger partial charge in [-0.05, 0) is 13.3 Å². The molecule has 1 aromatic rings. The quantitative estimate of drug-likeness (QED) is 0.599. The van der Waals surface area contributed by atoms with E-state index in [1.165, 1.54) is 18.3 Å². The largest absolute Gasteiger partial charge is 0.461 e. The lowest BCUT2D eigenvalue weighted by Crippen LogP contribution is -2.09. The maximum absolute atomic E-state index is 11.7. The van der Waals surface area contributed by atoms with E-state index in [0.717, 1.165) is 11.4 Å². The number of thiazole rings is 1. The fourth-order valence-corrected chi connectivity index (χ4v) is 2.38. The van der Waals surface area contributed by atoms with Crippen molar-refractivity contribution in [1.29, 1.82) is 0 Å². The van der Waals surface area contributed by atoms with Crippen molar-refractivity contribution in [2.45, 2.75) is 40.0 Å². The second-order valence-corrected chi connectivity index (χ2v) is 4.85. The number of esters is 1. The van der Waals surface area contributed by atoms with Crippen LogP contribution in [-0.4, -0.2) is 23.3 Å². The summed E-state index contributed by atoms with van der Waals surface area (Å²) in [5.74, 6) is -0.398. The summed E-state index contributed by atoms with van der Waals surface area (Å²) in [5, 5.41) is 0.820. The number of rotatable bonds is 5. The molecular weight excluding hydrogens is 238 g/mol. The molecule has 0 saturated heterocycles. The van der Waals surface area contributed by atoms with E-state index in [9.17, 15) is 9.59 Å². The average molecular weight is 255 g/mol. The molecule has 0 amide bonds. The van der Waals surface area contributed by atoms with Crippen molar-refractivity contribution in [3.8, 4) is 0 Å². The van der Waals surface area contributed by atoms with E-state index in [0.29, 0.717) is 4.88 Å². The third-order valence-corrected chi connectivity index (χ3v) is 3.85. The van der Waals surface area contributed by atoms with Crippen LogP contribution in [0.4, 0.5) is 0 Å². The molecule has 1 aromatic heterocycles. The molecule has 1 heterocycles. The number of Topliss-reactive ketones (excluding diaryl/α,β-unsaturated/α-hetero) is 1. The molecule has 0 saturated carbocycles. The monoisotopic (exact) mass is 255 g/mol. The van der Waals surface area contributed by atoms with Gasteiger partial charge in [-0.2, -0.15) is 0 Å². The highest BCUT2D eigenvalue weighted by atomic mass is 32.1. The van der Waals surface area contributed by atoms with E-state index in [4.69, 9.17) is 4.74 Å². The fourth-order valence-electron chi connectivity index (χ4n) is 1.30. The summed E-state index contributed by atoms with van der Waals surface area (Å²) in [5.41, 5.74) is 0.166. The Balaban J connectivity index is 3.14. The molecule has 0 radical (unpaired) electrons. The molecule has 0 aliphatic heterocycles. The number of hydrogen-bond acceptors (Lipinski definition) is 5. The van der Waals surface area contributed by atoms with Crippen molar-refractivity contribution < 1.29 is 14.3 Å². The first-order valence-electron chi connectivity index (χ1n) is 5.69.